The van der Waals surface area contributed by atoms with E-state index in [9.17, 15) is 9.90 Å². The average Bonchev–Trinajstić information content (AvgIpc) is 2.70. The van der Waals surface area contributed by atoms with E-state index in [-0.39, 0.29) is 12.6 Å². The molecule has 0 saturated heterocycles. The average molecular weight is 255 g/mol. The van der Waals surface area contributed by atoms with E-state index < -0.39 is 5.97 Å². The second kappa shape index (κ2) is 6.56. The number of nitrogens with one attached hydrogen (secondary N) is 1. The monoisotopic (exact) mass is 255 g/mol. The molecule has 0 spiro atoms. The van der Waals surface area contributed by atoms with Gasteiger partial charge >= 0.3 is 5.97 Å². The van der Waals surface area contributed by atoms with Crippen LogP contribution >= 0.6 is 0 Å². The van der Waals surface area contributed by atoms with E-state index in [0.29, 0.717) is 29.5 Å². The SMILES string of the molecule is COC(=O)c1cc(CNC(CO)C(C)C)oc1C. The maximum absolute atomic E-state index is 11.4. The number of aryl methyl sites for hydroxylation is 1. The Labute approximate surface area is 107 Å². The third-order valence-electron chi connectivity index (χ3n) is 2.91. The van der Waals surface area contributed by atoms with Gasteiger partial charge in [0.05, 0.1) is 20.3 Å². The number of furan rings is 1. The third kappa shape index (κ3) is 3.58. The highest BCUT2D eigenvalue weighted by Gasteiger charge is 2.17. The Morgan fingerprint density at radius 2 is 2.22 bits per heavy atom. The lowest BCUT2D eigenvalue weighted by Crippen LogP contribution is -2.36. The molecule has 1 unspecified atom stereocenters. The van der Waals surface area contributed by atoms with E-state index >= 15 is 0 Å². The van der Waals surface area contributed by atoms with Gasteiger partial charge in [-0.3, -0.25) is 0 Å². The van der Waals surface area contributed by atoms with Crippen LogP contribution in [0.3, 0.4) is 0 Å². The van der Waals surface area contributed by atoms with Crippen LogP contribution in [0.5, 0.6) is 0 Å². The molecule has 0 aliphatic heterocycles. The third-order valence-corrected chi connectivity index (χ3v) is 2.91. The molecule has 2 N–H and O–H groups in total. The maximum atomic E-state index is 11.4. The molecular formula is C13H21NO4. The number of esters is 1. The lowest BCUT2D eigenvalue weighted by Gasteiger charge is -2.18. The number of carbonyl (C=O) groups is 1. The number of aliphatic hydroxyl groups is 1. The summed E-state index contributed by atoms with van der Waals surface area (Å²) in [5, 5.41) is 12.4. The highest BCUT2D eigenvalue weighted by Crippen LogP contribution is 2.16. The molecule has 1 aromatic heterocycles. The van der Waals surface area contributed by atoms with Crippen LogP contribution in [-0.2, 0) is 11.3 Å². The molecular weight excluding hydrogens is 234 g/mol. The highest BCUT2D eigenvalue weighted by atomic mass is 16.5. The summed E-state index contributed by atoms with van der Waals surface area (Å²) in [6.45, 7) is 6.33. The van der Waals surface area contributed by atoms with E-state index in [1.807, 2.05) is 13.8 Å². The number of hydrogen-bond acceptors (Lipinski definition) is 5. The number of aliphatic hydroxyl groups excluding tert-OH is 1. The zero-order chi connectivity index (χ0) is 13.7. The summed E-state index contributed by atoms with van der Waals surface area (Å²) in [7, 11) is 1.34. The Balaban J connectivity index is 2.66. The zero-order valence-electron chi connectivity index (χ0n) is 11.3. The summed E-state index contributed by atoms with van der Waals surface area (Å²) in [4.78, 5) is 11.4. The summed E-state index contributed by atoms with van der Waals surface area (Å²) in [6, 6.07) is 1.68. The molecule has 102 valence electrons. The van der Waals surface area contributed by atoms with Crippen LogP contribution in [0.2, 0.25) is 0 Å². The molecule has 0 amide bonds. The van der Waals surface area contributed by atoms with Crippen LogP contribution < -0.4 is 5.32 Å². The first-order valence-electron chi connectivity index (χ1n) is 6.01. The summed E-state index contributed by atoms with van der Waals surface area (Å²) >= 11 is 0. The normalized spacial score (nSPS) is 12.8. The van der Waals surface area contributed by atoms with Crippen LogP contribution in [0.25, 0.3) is 0 Å². The van der Waals surface area contributed by atoms with Crippen molar-refractivity contribution in [1.82, 2.24) is 5.32 Å². The van der Waals surface area contributed by atoms with Crippen LogP contribution in [0, 0.1) is 12.8 Å². The molecule has 0 bridgehead atoms. The summed E-state index contributed by atoms with van der Waals surface area (Å²) in [5.74, 6) is 1.13. The highest BCUT2D eigenvalue weighted by molar-refractivity contribution is 5.90. The van der Waals surface area contributed by atoms with Crippen molar-refractivity contribution in [2.75, 3.05) is 13.7 Å². The summed E-state index contributed by atoms with van der Waals surface area (Å²) in [6.07, 6.45) is 0. The molecule has 1 heterocycles. The van der Waals surface area contributed by atoms with E-state index in [2.05, 4.69) is 10.1 Å². The number of methoxy groups -OCH3 is 1. The first kappa shape index (κ1) is 14.7. The fraction of sp³-hybridized carbons (Fsp3) is 0.615. The lowest BCUT2D eigenvalue weighted by molar-refractivity contribution is 0.0599. The Bertz CT molecular complexity index is 398. The van der Waals surface area contributed by atoms with Crippen molar-refractivity contribution in [3.8, 4) is 0 Å². The molecule has 0 aromatic carbocycles. The minimum absolute atomic E-state index is 0.0111. The Morgan fingerprint density at radius 3 is 2.72 bits per heavy atom. The first-order chi connectivity index (χ1) is 8.49. The summed E-state index contributed by atoms with van der Waals surface area (Å²) in [5.41, 5.74) is 0.444. The van der Waals surface area contributed by atoms with Crippen LogP contribution in [0.4, 0.5) is 0 Å². The van der Waals surface area contributed by atoms with E-state index in [4.69, 9.17) is 4.42 Å². The molecule has 0 saturated carbocycles. The predicted molar refractivity (Wildman–Crippen MR) is 67.3 cm³/mol. The van der Waals surface area contributed by atoms with Gasteiger partial charge in [-0.25, -0.2) is 4.79 Å². The Hall–Kier alpha value is -1.33. The van der Waals surface area contributed by atoms with Gasteiger partial charge < -0.3 is 19.6 Å². The number of ether oxygens (including phenoxy) is 1. The number of rotatable bonds is 6. The fourth-order valence-electron chi connectivity index (χ4n) is 1.69. The molecule has 1 rings (SSSR count). The van der Waals surface area contributed by atoms with Crippen molar-refractivity contribution in [3.05, 3.63) is 23.2 Å². The quantitative estimate of drug-likeness (QED) is 0.753. The minimum Gasteiger partial charge on any atom is -0.465 e. The second-order valence-electron chi connectivity index (χ2n) is 4.59. The maximum Gasteiger partial charge on any atom is 0.341 e. The molecule has 0 aliphatic rings. The van der Waals surface area contributed by atoms with E-state index in [0.717, 1.165) is 0 Å². The van der Waals surface area contributed by atoms with Crippen molar-refractivity contribution in [2.24, 2.45) is 5.92 Å². The van der Waals surface area contributed by atoms with E-state index in [1.54, 1.807) is 13.0 Å². The van der Waals surface area contributed by atoms with Crippen LogP contribution in [0.15, 0.2) is 10.5 Å². The fourth-order valence-corrected chi connectivity index (χ4v) is 1.69. The minimum atomic E-state index is -0.398. The molecule has 0 fully saturated rings. The van der Waals surface area contributed by atoms with Gasteiger partial charge in [0.15, 0.2) is 0 Å². The van der Waals surface area contributed by atoms with Gasteiger partial charge in [-0.15, -0.1) is 0 Å². The van der Waals surface area contributed by atoms with Gasteiger partial charge in [0.1, 0.15) is 17.1 Å². The van der Waals surface area contributed by atoms with E-state index in [1.165, 1.54) is 7.11 Å². The van der Waals surface area contributed by atoms with Gasteiger partial charge in [-0.05, 0) is 18.9 Å². The number of hydrogen-bond donors (Lipinski definition) is 2. The van der Waals surface area contributed by atoms with Gasteiger partial charge in [0.2, 0.25) is 0 Å². The smallest absolute Gasteiger partial charge is 0.341 e. The van der Waals surface area contributed by atoms with Crippen molar-refractivity contribution in [1.29, 1.82) is 0 Å². The molecule has 18 heavy (non-hydrogen) atoms. The van der Waals surface area contributed by atoms with Crippen molar-refractivity contribution < 1.29 is 19.1 Å². The van der Waals surface area contributed by atoms with Crippen molar-refractivity contribution in [3.63, 3.8) is 0 Å². The molecule has 0 aliphatic carbocycles. The van der Waals surface area contributed by atoms with Crippen molar-refractivity contribution >= 4 is 5.97 Å². The zero-order valence-corrected chi connectivity index (χ0v) is 11.3. The Morgan fingerprint density at radius 1 is 1.56 bits per heavy atom. The van der Waals surface area contributed by atoms with Crippen LogP contribution in [0.1, 0.15) is 35.7 Å². The Kier molecular flexibility index (Phi) is 5.37. The molecule has 5 nitrogen and oxygen atoms in total. The molecule has 0 radical (unpaired) electrons. The van der Waals surface area contributed by atoms with Crippen LogP contribution in [-0.4, -0.2) is 30.8 Å². The predicted octanol–water partition coefficient (Wildman–Crippen LogP) is 1.48. The van der Waals surface area contributed by atoms with Gasteiger partial charge in [-0.2, -0.15) is 0 Å². The second-order valence-corrected chi connectivity index (χ2v) is 4.59. The van der Waals surface area contributed by atoms with Gasteiger partial charge in [-0.1, -0.05) is 13.8 Å². The number of carbonyl (C=O) groups excluding carboxylic acids is 1. The van der Waals surface area contributed by atoms with Crippen molar-refractivity contribution in [2.45, 2.75) is 33.4 Å². The molecule has 1 atom stereocenters. The topological polar surface area (TPSA) is 71.7 Å². The summed E-state index contributed by atoms with van der Waals surface area (Å²) < 4.78 is 10.1. The first-order valence-corrected chi connectivity index (χ1v) is 6.01. The molecule has 1 aromatic rings. The largest absolute Gasteiger partial charge is 0.465 e. The molecule has 5 heteroatoms. The lowest BCUT2D eigenvalue weighted by atomic mass is 10.1. The van der Waals surface area contributed by atoms with Gasteiger partial charge in [0, 0.05) is 6.04 Å². The standard InChI is InChI=1S/C13H21NO4/c1-8(2)12(7-15)14-6-10-5-11(9(3)18-10)13(16)17-4/h5,8,12,14-15H,6-7H2,1-4H3. The van der Waals surface area contributed by atoms with Gasteiger partial charge in [0.25, 0.3) is 0 Å².